The van der Waals surface area contributed by atoms with E-state index in [1.807, 2.05) is 13.8 Å². The predicted molar refractivity (Wildman–Crippen MR) is 66.3 cm³/mol. The highest BCUT2D eigenvalue weighted by atomic mass is 28.4. The minimum Gasteiger partial charge on any atom is -0.505 e. The van der Waals surface area contributed by atoms with E-state index in [9.17, 15) is 4.79 Å². The van der Waals surface area contributed by atoms with Crippen LogP contribution in [0.1, 0.15) is 27.7 Å². The zero-order valence-corrected chi connectivity index (χ0v) is 12.2. The van der Waals surface area contributed by atoms with Crippen molar-refractivity contribution in [3.05, 3.63) is 11.8 Å². The lowest BCUT2D eigenvalue weighted by molar-refractivity contribution is -0.137. The highest BCUT2D eigenvalue weighted by Gasteiger charge is 2.36. The third kappa shape index (κ3) is 7.14. The second-order valence-electron chi connectivity index (χ2n) is 3.34. The van der Waals surface area contributed by atoms with Crippen molar-refractivity contribution in [3.8, 4) is 0 Å². The minimum absolute atomic E-state index is 0.341. The molecule has 0 saturated heterocycles. The van der Waals surface area contributed by atoms with Crippen LogP contribution in [0.4, 0.5) is 0 Å². The quantitative estimate of drug-likeness (QED) is 0.290. The molecule has 0 aliphatic rings. The van der Waals surface area contributed by atoms with Crippen molar-refractivity contribution in [3.63, 3.8) is 0 Å². The van der Waals surface area contributed by atoms with E-state index in [1.165, 1.54) is 6.08 Å². The Morgan fingerprint density at radius 2 is 1.65 bits per heavy atom. The molecule has 0 bridgehead atoms. The number of hydrogen-bond acceptors (Lipinski definition) is 5. The van der Waals surface area contributed by atoms with Crippen molar-refractivity contribution < 1.29 is 22.8 Å². The normalized spacial score (nSPS) is 12.4. The van der Waals surface area contributed by atoms with Gasteiger partial charge in [0.2, 0.25) is 0 Å². The predicted octanol–water partition coefficient (Wildman–Crippen LogP) is 2.11. The first-order valence-electron chi connectivity index (χ1n) is 5.79. The Bertz CT molecular complexity index is 259. The Kier molecular flexibility index (Phi) is 7.85. The molecule has 5 nitrogen and oxygen atoms in total. The van der Waals surface area contributed by atoms with E-state index in [2.05, 4.69) is 0 Å². The van der Waals surface area contributed by atoms with Gasteiger partial charge in [0.1, 0.15) is 0 Å². The molecule has 0 aliphatic heterocycles. The number of esters is 1. The molecule has 0 radical (unpaired) electrons. The molecule has 100 valence electrons. The second kappa shape index (κ2) is 8.27. The Morgan fingerprint density at radius 1 is 1.12 bits per heavy atom. The number of hydrogen-bond donors (Lipinski definition) is 0. The van der Waals surface area contributed by atoms with E-state index in [1.54, 1.807) is 20.4 Å². The molecule has 0 unspecified atom stereocenters. The molecule has 0 aromatic carbocycles. The average molecular weight is 262 g/mol. The number of allylic oxidation sites excluding steroid dienone is 1. The summed E-state index contributed by atoms with van der Waals surface area (Å²) in [5, 5.41) is 0. The summed E-state index contributed by atoms with van der Waals surface area (Å²) in [6.07, 6.45) is 1.30. The molecule has 0 spiro atoms. The van der Waals surface area contributed by atoms with Crippen LogP contribution in [0.3, 0.4) is 0 Å². The molecule has 0 atom stereocenters. The first kappa shape index (κ1) is 16.1. The highest BCUT2D eigenvalue weighted by Crippen LogP contribution is 2.14. The number of carbonyl (C=O) groups is 1. The Labute approximate surface area is 104 Å². The summed E-state index contributed by atoms with van der Waals surface area (Å²) in [6.45, 7) is 10.3. The van der Waals surface area contributed by atoms with E-state index in [0.29, 0.717) is 25.6 Å². The number of carbonyl (C=O) groups excluding carboxylic acids is 1. The Hall–Kier alpha value is -0.853. The fourth-order valence-corrected chi connectivity index (χ4v) is 3.19. The second-order valence-corrected chi connectivity index (χ2v) is 5.84. The van der Waals surface area contributed by atoms with Gasteiger partial charge in [0.05, 0.1) is 18.4 Å². The molecule has 0 aromatic rings. The first-order valence-corrected chi connectivity index (χ1v) is 8.01. The van der Waals surface area contributed by atoms with Gasteiger partial charge in [-0.1, -0.05) is 0 Å². The van der Waals surface area contributed by atoms with E-state index in [0.717, 1.165) is 0 Å². The van der Waals surface area contributed by atoms with Crippen LogP contribution in [0.5, 0.6) is 0 Å². The molecule has 0 fully saturated rings. The maximum atomic E-state index is 11.2. The van der Waals surface area contributed by atoms with Gasteiger partial charge in [-0.3, -0.25) is 0 Å². The van der Waals surface area contributed by atoms with Gasteiger partial charge in [-0.2, -0.15) is 0 Å². The van der Waals surface area contributed by atoms with E-state index >= 15 is 0 Å². The molecule has 6 heteroatoms. The summed E-state index contributed by atoms with van der Waals surface area (Å²) < 4.78 is 21.3. The molecule has 0 aliphatic carbocycles. The highest BCUT2D eigenvalue weighted by molar-refractivity contribution is 6.59. The summed E-state index contributed by atoms with van der Waals surface area (Å²) in [4.78, 5) is 11.2. The molecule has 0 N–H and O–H groups in total. The standard InChI is InChI=1S/C11H22O5Si/c1-6-13-11(12)9-10(4)16-17(5,14-7-2)15-8-3/h9H,6-8H2,1-5H3/b10-9+. The fraction of sp³-hybridized carbons (Fsp3) is 0.727. The third-order valence-corrected chi connectivity index (χ3v) is 4.09. The van der Waals surface area contributed by atoms with Crippen LogP contribution in [-0.2, 0) is 22.8 Å². The molecule has 0 heterocycles. The summed E-state index contributed by atoms with van der Waals surface area (Å²) in [5.74, 6) is 0.0221. The van der Waals surface area contributed by atoms with Crippen LogP contribution in [-0.4, -0.2) is 34.6 Å². The van der Waals surface area contributed by atoms with Gasteiger partial charge < -0.3 is 18.0 Å². The van der Waals surface area contributed by atoms with Gasteiger partial charge in [-0.05, 0) is 27.7 Å². The van der Waals surface area contributed by atoms with E-state index < -0.39 is 14.8 Å². The first-order chi connectivity index (χ1) is 7.97. The van der Waals surface area contributed by atoms with Gasteiger partial charge in [-0.25, -0.2) is 4.79 Å². The largest absolute Gasteiger partial charge is 0.562 e. The molecule has 0 amide bonds. The van der Waals surface area contributed by atoms with Crippen LogP contribution in [0.2, 0.25) is 6.55 Å². The Morgan fingerprint density at radius 3 is 2.06 bits per heavy atom. The molecule has 0 aromatic heterocycles. The maximum absolute atomic E-state index is 11.2. The number of ether oxygens (including phenoxy) is 1. The summed E-state index contributed by atoms with van der Waals surface area (Å²) in [6, 6.07) is 0. The molecule has 17 heavy (non-hydrogen) atoms. The maximum Gasteiger partial charge on any atom is 0.562 e. The lowest BCUT2D eigenvalue weighted by atomic mass is 10.5. The zero-order chi connectivity index (χ0) is 13.3. The van der Waals surface area contributed by atoms with Crippen molar-refractivity contribution in [2.45, 2.75) is 34.2 Å². The summed E-state index contributed by atoms with van der Waals surface area (Å²) in [5.41, 5.74) is 0. The van der Waals surface area contributed by atoms with E-state index in [4.69, 9.17) is 18.0 Å². The molecular weight excluding hydrogens is 240 g/mol. The van der Waals surface area contributed by atoms with Crippen LogP contribution >= 0.6 is 0 Å². The molecule has 0 rings (SSSR count). The SMILES string of the molecule is CCOC(=O)/C=C(\C)O[Si](C)(OCC)OCC. The third-order valence-electron chi connectivity index (χ3n) is 1.77. The summed E-state index contributed by atoms with van der Waals surface area (Å²) in [7, 11) is -2.68. The van der Waals surface area contributed by atoms with Crippen LogP contribution < -0.4 is 0 Å². The van der Waals surface area contributed by atoms with Gasteiger partial charge in [0.15, 0.2) is 0 Å². The topological polar surface area (TPSA) is 54.0 Å². The van der Waals surface area contributed by atoms with Crippen molar-refractivity contribution in [2.24, 2.45) is 0 Å². The van der Waals surface area contributed by atoms with Crippen LogP contribution in [0.25, 0.3) is 0 Å². The smallest absolute Gasteiger partial charge is 0.505 e. The van der Waals surface area contributed by atoms with Crippen molar-refractivity contribution in [2.75, 3.05) is 19.8 Å². The van der Waals surface area contributed by atoms with Gasteiger partial charge in [0, 0.05) is 19.8 Å². The number of rotatable bonds is 8. The van der Waals surface area contributed by atoms with Crippen LogP contribution in [0.15, 0.2) is 11.8 Å². The lowest BCUT2D eigenvalue weighted by Gasteiger charge is -2.25. The van der Waals surface area contributed by atoms with E-state index in [-0.39, 0.29) is 0 Å². The fourth-order valence-electron chi connectivity index (χ4n) is 1.30. The van der Waals surface area contributed by atoms with Gasteiger partial charge in [-0.15, -0.1) is 0 Å². The van der Waals surface area contributed by atoms with Gasteiger partial charge >= 0.3 is 14.8 Å². The Balaban J connectivity index is 4.48. The van der Waals surface area contributed by atoms with Crippen molar-refractivity contribution in [1.82, 2.24) is 0 Å². The van der Waals surface area contributed by atoms with Crippen molar-refractivity contribution >= 4 is 14.8 Å². The summed E-state index contributed by atoms with van der Waals surface area (Å²) >= 11 is 0. The average Bonchev–Trinajstić information content (AvgIpc) is 2.17. The van der Waals surface area contributed by atoms with Crippen LogP contribution in [0, 0.1) is 0 Å². The molecule has 0 saturated carbocycles. The van der Waals surface area contributed by atoms with Gasteiger partial charge in [0.25, 0.3) is 0 Å². The zero-order valence-electron chi connectivity index (χ0n) is 11.2. The minimum atomic E-state index is -2.68. The lowest BCUT2D eigenvalue weighted by Crippen LogP contribution is -2.42. The monoisotopic (exact) mass is 262 g/mol. The van der Waals surface area contributed by atoms with Crippen molar-refractivity contribution in [1.29, 1.82) is 0 Å². The molecular formula is C11H22O5Si.